The van der Waals surface area contributed by atoms with Crippen LogP contribution in [0.1, 0.15) is 44.2 Å². The van der Waals surface area contributed by atoms with Crippen LogP contribution in [0.15, 0.2) is 18.2 Å². The van der Waals surface area contributed by atoms with E-state index < -0.39 is 0 Å². The highest BCUT2D eigenvalue weighted by Crippen LogP contribution is 2.27. The van der Waals surface area contributed by atoms with E-state index in [0.717, 1.165) is 31.7 Å². The first-order valence-electron chi connectivity index (χ1n) is 6.14. The number of rotatable bonds is 6. The van der Waals surface area contributed by atoms with E-state index in [1.54, 1.807) is 0 Å². The lowest BCUT2D eigenvalue weighted by atomic mass is 9.98. The highest BCUT2D eigenvalue weighted by Gasteiger charge is 2.08. The van der Waals surface area contributed by atoms with E-state index in [4.69, 9.17) is 10.5 Å². The Morgan fingerprint density at radius 2 is 2.06 bits per heavy atom. The monoisotopic (exact) mass is 221 g/mol. The molecule has 0 unspecified atom stereocenters. The van der Waals surface area contributed by atoms with Gasteiger partial charge in [-0.1, -0.05) is 26.0 Å². The van der Waals surface area contributed by atoms with Crippen molar-refractivity contribution in [3.63, 3.8) is 0 Å². The molecule has 0 aromatic heterocycles. The van der Waals surface area contributed by atoms with Gasteiger partial charge in [0.05, 0.1) is 6.61 Å². The van der Waals surface area contributed by atoms with E-state index in [1.807, 2.05) is 6.92 Å². The largest absolute Gasteiger partial charge is 0.494 e. The van der Waals surface area contributed by atoms with E-state index in [9.17, 15) is 0 Å². The maximum atomic E-state index is 5.63. The lowest BCUT2D eigenvalue weighted by Crippen LogP contribution is -2.02. The molecule has 0 atom stereocenters. The molecule has 90 valence electrons. The highest BCUT2D eigenvalue weighted by molar-refractivity contribution is 5.39. The third-order valence-corrected chi connectivity index (χ3v) is 2.67. The summed E-state index contributed by atoms with van der Waals surface area (Å²) < 4.78 is 5.63. The number of hydrogen-bond donors (Lipinski definition) is 1. The molecule has 1 aromatic rings. The van der Waals surface area contributed by atoms with Gasteiger partial charge in [0.1, 0.15) is 5.75 Å². The summed E-state index contributed by atoms with van der Waals surface area (Å²) >= 11 is 0. The van der Waals surface area contributed by atoms with Crippen LogP contribution in [0.4, 0.5) is 0 Å². The van der Waals surface area contributed by atoms with Crippen LogP contribution in [0.25, 0.3) is 0 Å². The fraction of sp³-hybridized carbons (Fsp3) is 0.571. The zero-order chi connectivity index (χ0) is 12.0. The molecule has 0 aliphatic carbocycles. The minimum absolute atomic E-state index is 0.499. The molecule has 2 heteroatoms. The van der Waals surface area contributed by atoms with Crippen molar-refractivity contribution in [3.05, 3.63) is 29.3 Å². The fourth-order valence-electron chi connectivity index (χ4n) is 1.80. The molecule has 0 aliphatic rings. The molecule has 1 rings (SSSR count). The van der Waals surface area contributed by atoms with Gasteiger partial charge >= 0.3 is 0 Å². The normalized spacial score (nSPS) is 10.8. The molecule has 2 nitrogen and oxygen atoms in total. The molecule has 0 amide bonds. The Balaban J connectivity index is 2.88. The molecule has 0 heterocycles. The number of hydrogen-bond acceptors (Lipinski definition) is 2. The van der Waals surface area contributed by atoms with Gasteiger partial charge in [-0.15, -0.1) is 0 Å². The molecular weight excluding hydrogens is 198 g/mol. The number of ether oxygens (including phenoxy) is 1. The van der Waals surface area contributed by atoms with Gasteiger partial charge in [-0.25, -0.2) is 0 Å². The Morgan fingerprint density at radius 3 is 2.62 bits per heavy atom. The van der Waals surface area contributed by atoms with Crippen molar-refractivity contribution in [3.8, 4) is 5.75 Å². The zero-order valence-electron chi connectivity index (χ0n) is 10.6. The standard InChI is InChI=1S/C14H23NO/c1-4-16-14-8-7-12(6-5-9-15)10-13(14)11(2)3/h7-8,10-11H,4-6,9,15H2,1-3H3. The average Bonchev–Trinajstić information content (AvgIpc) is 2.27. The summed E-state index contributed by atoms with van der Waals surface area (Å²) in [6, 6.07) is 6.49. The van der Waals surface area contributed by atoms with Crippen molar-refractivity contribution in [2.24, 2.45) is 5.73 Å². The zero-order valence-corrected chi connectivity index (χ0v) is 10.6. The number of nitrogens with two attached hydrogens (primary N) is 1. The Hall–Kier alpha value is -1.02. The summed E-state index contributed by atoms with van der Waals surface area (Å²) in [5, 5.41) is 0. The van der Waals surface area contributed by atoms with Crippen molar-refractivity contribution in [1.82, 2.24) is 0 Å². The Labute approximate surface area is 98.8 Å². The Bertz CT molecular complexity index is 321. The van der Waals surface area contributed by atoms with Gasteiger partial charge < -0.3 is 10.5 Å². The molecule has 0 spiro atoms. The highest BCUT2D eigenvalue weighted by atomic mass is 16.5. The van der Waals surface area contributed by atoms with Crippen LogP contribution in [0.2, 0.25) is 0 Å². The lowest BCUT2D eigenvalue weighted by molar-refractivity contribution is 0.335. The molecule has 2 N–H and O–H groups in total. The van der Waals surface area contributed by atoms with Crippen molar-refractivity contribution in [2.75, 3.05) is 13.2 Å². The van der Waals surface area contributed by atoms with Crippen LogP contribution >= 0.6 is 0 Å². The van der Waals surface area contributed by atoms with Crippen molar-refractivity contribution < 1.29 is 4.74 Å². The molecule has 0 saturated heterocycles. The molecule has 1 aromatic carbocycles. The fourth-order valence-corrected chi connectivity index (χ4v) is 1.80. The smallest absolute Gasteiger partial charge is 0.122 e. The second-order valence-electron chi connectivity index (χ2n) is 4.35. The minimum atomic E-state index is 0.499. The molecule has 0 fully saturated rings. The quantitative estimate of drug-likeness (QED) is 0.801. The van der Waals surface area contributed by atoms with Crippen molar-refractivity contribution >= 4 is 0 Å². The topological polar surface area (TPSA) is 35.2 Å². The first-order valence-corrected chi connectivity index (χ1v) is 6.14. The van der Waals surface area contributed by atoms with E-state index in [0.29, 0.717) is 5.92 Å². The van der Waals surface area contributed by atoms with Gasteiger partial charge in [0, 0.05) is 0 Å². The predicted molar refractivity (Wildman–Crippen MR) is 69.1 cm³/mol. The maximum absolute atomic E-state index is 5.63. The van der Waals surface area contributed by atoms with Gasteiger partial charge in [0.25, 0.3) is 0 Å². The van der Waals surface area contributed by atoms with Crippen LogP contribution in [-0.2, 0) is 6.42 Å². The molecule has 0 bridgehead atoms. The van der Waals surface area contributed by atoms with Gasteiger partial charge in [0.15, 0.2) is 0 Å². The van der Waals surface area contributed by atoms with E-state index in [-0.39, 0.29) is 0 Å². The van der Waals surface area contributed by atoms with E-state index >= 15 is 0 Å². The van der Waals surface area contributed by atoms with Crippen LogP contribution in [0, 0.1) is 0 Å². The van der Waals surface area contributed by atoms with Crippen LogP contribution in [-0.4, -0.2) is 13.2 Å². The summed E-state index contributed by atoms with van der Waals surface area (Å²) in [5.74, 6) is 1.52. The Morgan fingerprint density at radius 1 is 1.31 bits per heavy atom. The van der Waals surface area contributed by atoms with Crippen LogP contribution in [0.5, 0.6) is 5.75 Å². The molecule has 0 radical (unpaired) electrons. The summed E-state index contributed by atoms with van der Waals surface area (Å²) in [6.45, 7) is 7.90. The maximum Gasteiger partial charge on any atom is 0.122 e. The second-order valence-corrected chi connectivity index (χ2v) is 4.35. The van der Waals surface area contributed by atoms with Gasteiger partial charge in [-0.3, -0.25) is 0 Å². The summed E-state index contributed by atoms with van der Waals surface area (Å²) in [6.07, 6.45) is 2.11. The SMILES string of the molecule is CCOc1ccc(CCCN)cc1C(C)C. The summed E-state index contributed by atoms with van der Waals surface area (Å²) in [5.41, 5.74) is 8.19. The molecule has 0 aliphatic heterocycles. The first kappa shape index (κ1) is 13.0. The lowest BCUT2D eigenvalue weighted by Gasteiger charge is -2.14. The van der Waals surface area contributed by atoms with E-state index in [1.165, 1.54) is 11.1 Å². The third-order valence-electron chi connectivity index (χ3n) is 2.67. The molecular formula is C14H23NO. The number of benzene rings is 1. The van der Waals surface area contributed by atoms with Crippen LogP contribution in [0.3, 0.4) is 0 Å². The van der Waals surface area contributed by atoms with E-state index in [2.05, 4.69) is 32.0 Å². The van der Waals surface area contributed by atoms with Gasteiger partial charge in [-0.05, 0) is 49.4 Å². The minimum Gasteiger partial charge on any atom is -0.494 e. The molecule has 0 saturated carbocycles. The van der Waals surface area contributed by atoms with Crippen LogP contribution < -0.4 is 10.5 Å². The Kier molecular flexibility index (Phi) is 5.33. The third kappa shape index (κ3) is 3.53. The van der Waals surface area contributed by atoms with Gasteiger partial charge in [0.2, 0.25) is 0 Å². The summed E-state index contributed by atoms with van der Waals surface area (Å²) in [7, 11) is 0. The summed E-state index contributed by atoms with van der Waals surface area (Å²) in [4.78, 5) is 0. The predicted octanol–water partition coefficient (Wildman–Crippen LogP) is 3.10. The molecule has 16 heavy (non-hydrogen) atoms. The van der Waals surface area contributed by atoms with Crippen molar-refractivity contribution in [2.45, 2.75) is 39.5 Å². The second kappa shape index (κ2) is 6.54. The van der Waals surface area contributed by atoms with Crippen molar-refractivity contribution in [1.29, 1.82) is 0 Å². The number of aryl methyl sites for hydroxylation is 1. The average molecular weight is 221 g/mol. The van der Waals surface area contributed by atoms with Gasteiger partial charge in [-0.2, -0.15) is 0 Å². The first-order chi connectivity index (χ1) is 7.69.